The van der Waals surface area contributed by atoms with Gasteiger partial charge in [0.05, 0.1) is 0 Å². The van der Waals surface area contributed by atoms with Crippen LogP contribution < -0.4 is 11.1 Å². The lowest BCUT2D eigenvalue weighted by atomic mass is 10.4. The van der Waals surface area contributed by atoms with Crippen LogP contribution in [-0.2, 0) is 4.79 Å². The Morgan fingerprint density at radius 1 is 1.23 bits per heavy atom. The topological polar surface area (TPSA) is 55.1 Å². The van der Waals surface area contributed by atoms with Crippen LogP contribution in [0.5, 0.6) is 0 Å². The molecule has 76 valence electrons. The van der Waals surface area contributed by atoms with Crippen LogP contribution in [0.15, 0.2) is 36.2 Å². The normalized spacial score (nSPS) is 11.8. The maximum Gasteiger partial charge on any atom is 0.265 e. The van der Waals surface area contributed by atoms with Crippen LogP contribution in [-0.4, -0.2) is 5.91 Å². The van der Waals surface area contributed by atoms with Gasteiger partial charge in [-0.3, -0.25) is 4.79 Å². The van der Waals surface area contributed by atoms with Gasteiger partial charge in [0.1, 0.15) is 5.70 Å². The molecule has 0 spiro atoms. The molecule has 0 bridgehead atoms. The van der Waals surface area contributed by atoms with E-state index < -0.39 is 5.91 Å². The zero-order chi connectivity index (χ0) is 7.40. The average Bonchev–Trinajstić information content (AvgIpc) is 2.12. The minimum absolute atomic E-state index is 0. The summed E-state index contributed by atoms with van der Waals surface area (Å²) < 4.78 is 0. The highest BCUT2D eigenvalue weighted by Crippen LogP contribution is 1.93. The summed E-state index contributed by atoms with van der Waals surface area (Å²) in [4.78, 5) is 10.5. The van der Waals surface area contributed by atoms with Gasteiger partial charge in [-0.25, -0.2) is 0 Å². The van der Waals surface area contributed by atoms with E-state index in [2.05, 4.69) is 5.32 Å². The zero-order valence-electron chi connectivity index (χ0n) is 6.69. The van der Waals surface area contributed by atoms with E-state index in [1.54, 1.807) is 24.4 Å². The van der Waals surface area contributed by atoms with E-state index in [0.717, 1.165) is 0 Å². The Morgan fingerprint density at radius 3 is 2.38 bits per heavy atom. The number of carbonyl (C=O) groups is 1. The van der Waals surface area contributed by atoms with Crippen molar-refractivity contribution in [1.82, 2.24) is 5.32 Å². The summed E-state index contributed by atoms with van der Waals surface area (Å²) in [5, 5.41) is 2.72. The Labute approximate surface area is 96.4 Å². The molecule has 3 nitrogen and oxygen atoms in total. The van der Waals surface area contributed by atoms with Crippen molar-refractivity contribution < 1.29 is 4.79 Å². The van der Waals surface area contributed by atoms with Gasteiger partial charge in [-0.2, -0.15) is 13.5 Å². The fourth-order valence-corrected chi connectivity index (χ4v) is 0.611. The quantitative estimate of drug-likeness (QED) is 0.721. The second kappa shape index (κ2) is 9.51. The van der Waals surface area contributed by atoms with Gasteiger partial charge in [-0.15, -0.1) is 24.8 Å². The minimum atomic E-state index is -0.448. The van der Waals surface area contributed by atoms with Gasteiger partial charge in [0.25, 0.3) is 5.91 Å². The van der Waals surface area contributed by atoms with Crippen LogP contribution >= 0.6 is 38.3 Å². The molecule has 0 saturated heterocycles. The first kappa shape index (κ1) is 18.3. The Hall–Kier alpha value is -0.580. The molecule has 6 heteroatoms. The van der Waals surface area contributed by atoms with Gasteiger partial charge in [0.2, 0.25) is 0 Å². The maximum atomic E-state index is 10.5. The van der Waals surface area contributed by atoms with Crippen molar-refractivity contribution >= 4 is 44.2 Å². The largest absolute Gasteiger partial charge is 0.364 e. The minimum Gasteiger partial charge on any atom is -0.364 e. The summed E-state index contributed by atoms with van der Waals surface area (Å²) in [7, 11) is 0. The molecule has 1 aliphatic heterocycles. The molecule has 1 heterocycles. The maximum absolute atomic E-state index is 10.5. The molecule has 0 saturated carbocycles. The summed E-state index contributed by atoms with van der Waals surface area (Å²) in [6, 6.07) is 0. The number of hydrogen-bond acceptors (Lipinski definition) is 2. The van der Waals surface area contributed by atoms with Crippen LogP contribution in [0, 0.1) is 0 Å². The Balaban J connectivity index is -0.000000333. The summed E-state index contributed by atoms with van der Waals surface area (Å²) in [5.41, 5.74) is 5.41. The molecule has 0 unspecified atom stereocenters. The summed E-state index contributed by atoms with van der Waals surface area (Å²) in [6.07, 6.45) is 8.62. The zero-order valence-corrected chi connectivity index (χ0v) is 9.32. The molecule has 0 aromatic carbocycles. The lowest BCUT2D eigenvalue weighted by Crippen LogP contribution is -2.22. The Bertz CT molecular complexity index is 239. The molecule has 13 heavy (non-hydrogen) atoms. The molecular formula is C7H12Cl2N2OS. The number of hydrogen-bond donors (Lipinski definition) is 2. The van der Waals surface area contributed by atoms with E-state index in [4.69, 9.17) is 5.73 Å². The monoisotopic (exact) mass is 242 g/mol. The van der Waals surface area contributed by atoms with Crippen LogP contribution in [0.25, 0.3) is 0 Å². The molecule has 0 radical (unpaired) electrons. The second-order valence-electron chi connectivity index (χ2n) is 1.83. The van der Waals surface area contributed by atoms with E-state index >= 15 is 0 Å². The van der Waals surface area contributed by atoms with Gasteiger partial charge >= 0.3 is 0 Å². The summed E-state index contributed by atoms with van der Waals surface area (Å²) in [5.74, 6) is -0.448. The van der Waals surface area contributed by atoms with E-state index in [0.29, 0.717) is 5.70 Å². The van der Waals surface area contributed by atoms with Crippen molar-refractivity contribution in [2.24, 2.45) is 5.73 Å². The van der Waals surface area contributed by atoms with Gasteiger partial charge in [-0.05, 0) is 12.2 Å². The first-order valence-corrected chi connectivity index (χ1v) is 2.90. The third-order valence-corrected chi connectivity index (χ3v) is 1.09. The van der Waals surface area contributed by atoms with Crippen molar-refractivity contribution in [2.45, 2.75) is 0 Å². The number of nitrogens with two attached hydrogens (primary N) is 1. The SMILES string of the molecule is Cl.Cl.NC(=O)C1=CC=CC=CN1.S. The van der Waals surface area contributed by atoms with Crippen LogP contribution in [0.3, 0.4) is 0 Å². The third kappa shape index (κ3) is 6.57. The average molecular weight is 243 g/mol. The van der Waals surface area contributed by atoms with E-state index in [1.807, 2.05) is 6.08 Å². The molecule has 0 atom stereocenters. The van der Waals surface area contributed by atoms with E-state index in [9.17, 15) is 4.79 Å². The highest BCUT2D eigenvalue weighted by Gasteiger charge is 1.99. The molecule has 0 aromatic rings. The number of amides is 1. The molecule has 3 N–H and O–H groups in total. The van der Waals surface area contributed by atoms with Crippen molar-refractivity contribution in [3.63, 3.8) is 0 Å². The predicted octanol–water partition coefficient (Wildman–Crippen LogP) is 0.985. The Kier molecular flexibility index (Phi) is 13.3. The Morgan fingerprint density at radius 2 is 1.85 bits per heavy atom. The van der Waals surface area contributed by atoms with Crippen molar-refractivity contribution in [3.05, 3.63) is 36.2 Å². The van der Waals surface area contributed by atoms with Crippen LogP contribution in [0.2, 0.25) is 0 Å². The predicted molar refractivity (Wildman–Crippen MR) is 63.6 cm³/mol. The first-order chi connectivity index (χ1) is 4.80. The van der Waals surface area contributed by atoms with Gasteiger partial charge < -0.3 is 11.1 Å². The number of rotatable bonds is 1. The van der Waals surface area contributed by atoms with Crippen LogP contribution in [0.4, 0.5) is 0 Å². The smallest absolute Gasteiger partial charge is 0.265 e. The van der Waals surface area contributed by atoms with Crippen molar-refractivity contribution in [1.29, 1.82) is 0 Å². The fraction of sp³-hybridized carbons (Fsp3) is 0. The number of halogens is 2. The summed E-state index contributed by atoms with van der Waals surface area (Å²) >= 11 is 0. The highest BCUT2D eigenvalue weighted by molar-refractivity contribution is 7.59. The number of primary amides is 1. The van der Waals surface area contributed by atoms with Gasteiger partial charge in [0.15, 0.2) is 0 Å². The fourth-order valence-electron chi connectivity index (χ4n) is 0.611. The second-order valence-corrected chi connectivity index (χ2v) is 1.83. The molecule has 0 aliphatic carbocycles. The van der Waals surface area contributed by atoms with Crippen molar-refractivity contribution in [2.75, 3.05) is 0 Å². The number of nitrogens with one attached hydrogen (secondary N) is 1. The summed E-state index contributed by atoms with van der Waals surface area (Å²) in [6.45, 7) is 0. The van der Waals surface area contributed by atoms with Gasteiger partial charge in [-0.1, -0.05) is 12.2 Å². The lowest BCUT2D eigenvalue weighted by molar-refractivity contribution is -0.114. The van der Waals surface area contributed by atoms with Crippen LogP contribution in [0.1, 0.15) is 0 Å². The van der Waals surface area contributed by atoms with Gasteiger partial charge in [0, 0.05) is 6.20 Å². The lowest BCUT2D eigenvalue weighted by Gasteiger charge is -1.97. The standard InChI is InChI=1S/C7H8N2O.2ClH.H2S/c8-7(10)6-4-2-1-3-5-9-6;;;/h1-5,9H,(H2,8,10);2*1H;1H2. The molecule has 0 fully saturated rings. The molecule has 1 rings (SSSR count). The number of allylic oxidation sites excluding steroid dienone is 4. The molecule has 0 aromatic heterocycles. The number of carbonyl (C=O) groups excluding carboxylic acids is 1. The van der Waals surface area contributed by atoms with E-state index in [-0.39, 0.29) is 38.3 Å². The molecule has 1 aliphatic rings. The highest BCUT2D eigenvalue weighted by atomic mass is 35.5. The molecular weight excluding hydrogens is 231 g/mol. The molecule has 1 amide bonds. The third-order valence-electron chi connectivity index (χ3n) is 1.09. The van der Waals surface area contributed by atoms with Crippen molar-refractivity contribution in [3.8, 4) is 0 Å². The van der Waals surface area contributed by atoms with E-state index in [1.165, 1.54) is 0 Å². The first-order valence-electron chi connectivity index (χ1n) is 2.90.